The van der Waals surface area contributed by atoms with Crippen LogP contribution < -0.4 is 0 Å². The third-order valence-corrected chi connectivity index (χ3v) is 4.44. The molecule has 1 N–H and O–H groups in total. The molecule has 0 saturated heterocycles. The number of aliphatic hydroxyl groups is 1. The van der Waals surface area contributed by atoms with Crippen molar-refractivity contribution in [2.75, 3.05) is 0 Å². The molecule has 0 aromatic heterocycles. The Morgan fingerprint density at radius 2 is 1.75 bits per heavy atom. The van der Waals surface area contributed by atoms with E-state index in [4.69, 9.17) is 0 Å². The number of unbranched alkanes of at least 4 members (excludes halogenated alkanes) is 2. The summed E-state index contributed by atoms with van der Waals surface area (Å²) in [6, 6.07) is 0. The first kappa shape index (κ1) is 12.9. The van der Waals surface area contributed by atoms with Gasteiger partial charge in [0.1, 0.15) is 0 Å². The van der Waals surface area contributed by atoms with Crippen LogP contribution in [0.1, 0.15) is 52.4 Å². The Bertz CT molecular complexity index is 93.8. The molecule has 0 aliphatic carbocycles. The van der Waals surface area contributed by atoms with E-state index in [1.54, 1.807) is 0 Å². The third kappa shape index (κ3) is 6.40. The molecular formula is C10H22OPb. The first-order valence-corrected chi connectivity index (χ1v) is 7.75. The normalized spacial score (nSPS) is 16.0. The predicted octanol–water partition coefficient (Wildman–Crippen LogP) is 2.20. The molecule has 2 atom stereocenters. The van der Waals surface area contributed by atoms with Gasteiger partial charge in [0.2, 0.25) is 0 Å². The van der Waals surface area contributed by atoms with Crippen molar-refractivity contribution in [3.63, 3.8) is 0 Å². The van der Waals surface area contributed by atoms with E-state index in [0.29, 0.717) is 5.92 Å². The van der Waals surface area contributed by atoms with Gasteiger partial charge in [-0.25, -0.2) is 0 Å². The van der Waals surface area contributed by atoms with Crippen LogP contribution in [-0.4, -0.2) is 34.5 Å². The minimum absolute atomic E-state index is 0.0572. The molecule has 0 bridgehead atoms. The zero-order chi connectivity index (χ0) is 9.40. The summed E-state index contributed by atoms with van der Waals surface area (Å²) in [6.45, 7) is 4.44. The van der Waals surface area contributed by atoms with Crippen molar-refractivity contribution in [3.05, 3.63) is 0 Å². The van der Waals surface area contributed by atoms with Gasteiger partial charge in [0.05, 0.1) is 0 Å². The number of rotatable bonds is 7. The fourth-order valence-corrected chi connectivity index (χ4v) is 3.01. The Morgan fingerprint density at radius 3 is 2.17 bits per heavy atom. The van der Waals surface area contributed by atoms with Crippen LogP contribution in [0.2, 0.25) is 0 Å². The van der Waals surface area contributed by atoms with Crippen molar-refractivity contribution in [2.45, 2.75) is 56.0 Å². The SMILES string of the molecule is CCCCCC(CCC)[CH](O)[PbH]. The summed E-state index contributed by atoms with van der Waals surface area (Å²) in [7, 11) is 0. The second kappa shape index (κ2) is 8.48. The Kier molecular flexibility index (Phi) is 9.10. The van der Waals surface area contributed by atoms with E-state index < -0.39 is 0 Å². The van der Waals surface area contributed by atoms with Crippen LogP contribution in [0.3, 0.4) is 0 Å². The molecule has 0 rings (SSSR count). The van der Waals surface area contributed by atoms with Gasteiger partial charge in [-0.1, -0.05) is 0 Å². The van der Waals surface area contributed by atoms with Gasteiger partial charge in [-0.2, -0.15) is 0 Å². The molecule has 0 spiro atoms. The van der Waals surface area contributed by atoms with Crippen LogP contribution in [0.4, 0.5) is 0 Å². The molecule has 0 aromatic rings. The summed E-state index contributed by atoms with van der Waals surface area (Å²) >= 11 is 0.744. The molecule has 72 valence electrons. The van der Waals surface area contributed by atoms with E-state index in [1.807, 2.05) is 0 Å². The third-order valence-electron chi connectivity index (χ3n) is 2.32. The average molecular weight is 365 g/mol. The van der Waals surface area contributed by atoms with E-state index in [-0.39, 0.29) is 3.66 Å². The van der Waals surface area contributed by atoms with Crippen LogP contribution >= 0.6 is 0 Å². The van der Waals surface area contributed by atoms with Crippen molar-refractivity contribution in [1.82, 2.24) is 0 Å². The second-order valence-electron chi connectivity index (χ2n) is 3.54. The van der Waals surface area contributed by atoms with Gasteiger partial charge in [-0.15, -0.1) is 0 Å². The van der Waals surface area contributed by atoms with E-state index in [1.165, 1.54) is 38.5 Å². The maximum absolute atomic E-state index is 9.52. The molecule has 1 nitrogen and oxygen atoms in total. The molecule has 0 aromatic carbocycles. The minimum atomic E-state index is 0.0572. The number of hydrogen-bond acceptors (Lipinski definition) is 1. The first-order chi connectivity index (χ1) is 5.72. The Labute approximate surface area is 92.6 Å². The van der Waals surface area contributed by atoms with Gasteiger partial charge in [0, 0.05) is 0 Å². The van der Waals surface area contributed by atoms with Crippen LogP contribution in [0.15, 0.2) is 0 Å². The summed E-state index contributed by atoms with van der Waals surface area (Å²) < 4.78 is 0.0572. The van der Waals surface area contributed by atoms with E-state index in [0.717, 1.165) is 25.8 Å². The van der Waals surface area contributed by atoms with E-state index >= 15 is 0 Å². The van der Waals surface area contributed by atoms with E-state index in [9.17, 15) is 5.11 Å². The molecule has 0 fully saturated rings. The zero-order valence-electron chi connectivity index (χ0n) is 8.42. The first-order valence-electron chi connectivity index (χ1n) is 5.16. The van der Waals surface area contributed by atoms with Crippen LogP contribution in [-0.2, 0) is 0 Å². The van der Waals surface area contributed by atoms with Gasteiger partial charge in [-0.05, 0) is 0 Å². The number of hydrogen-bond donors (Lipinski definition) is 1. The van der Waals surface area contributed by atoms with Gasteiger partial charge in [0.15, 0.2) is 0 Å². The number of aliphatic hydroxyl groups excluding tert-OH is 1. The molecule has 0 amide bonds. The van der Waals surface area contributed by atoms with Gasteiger partial charge < -0.3 is 0 Å². The van der Waals surface area contributed by atoms with Gasteiger partial charge in [0.25, 0.3) is 0 Å². The van der Waals surface area contributed by atoms with Crippen molar-refractivity contribution in [3.8, 4) is 0 Å². The molecule has 0 aliphatic rings. The van der Waals surface area contributed by atoms with Gasteiger partial charge in [-0.3, -0.25) is 0 Å². The molecule has 2 radical (unpaired) electrons. The molecule has 12 heavy (non-hydrogen) atoms. The fourth-order valence-electron chi connectivity index (χ4n) is 1.51. The zero-order valence-corrected chi connectivity index (χ0v) is 12.9. The molecule has 0 saturated carbocycles. The van der Waals surface area contributed by atoms with Crippen molar-refractivity contribution >= 4 is 25.8 Å². The second-order valence-corrected chi connectivity index (χ2v) is 6.19. The summed E-state index contributed by atoms with van der Waals surface area (Å²) in [6.07, 6.45) is 7.63. The molecule has 0 aliphatic heterocycles. The predicted molar refractivity (Wildman–Crippen MR) is 55.7 cm³/mol. The molecule has 2 heteroatoms. The topological polar surface area (TPSA) is 20.2 Å². The monoisotopic (exact) mass is 366 g/mol. The van der Waals surface area contributed by atoms with Crippen molar-refractivity contribution in [2.24, 2.45) is 5.92 Å². The van der Waals surface area contributed by atoms with Crippen LogP contribution in [0.25, 0.3) is 0 Å². The molecular weight excluding hydrogens is 343 g/mol. The molecule has 0 heterocycles. The Morgan fingerprint density at radius 1 is 1.08 bits per heavy atom. The fraction of sp³-hybridized carbons (Fsp3) is 1.00. The van der Waals surface area contributed by atoms with Crippen molar-refractivity contribution in [1.29, 1.82) is 0 Å². The summed E-state index contributed by atoms with van der Waals surface area (Å²) in [5.41, 5.74) is 0. The Hall–Kier alpha value is 0.882. The average Bonchev–Trinajstić information content (AvgIpc) is 2.03. The molecule has 2 unspecified atom stereocenters. The summed E-state index contributed by atoms with van der Waals surface area (Å²) in [4.78, 5) is 0. The van der Waals surface area contributed by atoms with Gasteiger partial charge >= 0.3 is 92.8 Å². The summed E-state index contributed by atoms with van der Waals surface area (Å²) in [5, 5.41) is 9.52. The Balaban J connectivity index is 3.49. The van der Waals surface area contributed by atoms with Crippen LogP contribution in [0, 0.1) is 5.92 Å². The van der Waals surface area contributed by atoms with Crippen molar-refractivity contribution < 1.29 is 5.11 Å². The maximum atomic E-state index is 9.52. The quantitative estimate of drug-likeness (QED) is 0.542. The summed E-state index contributed by atoms with van der Waals surface area (Å²) in [5.74, 6) is 0.617. The standard InChI is InChI=1S/C10H21O.Pb.H/c1-3-5-6-8-10(9-11)7-4-2;;/h9-11H,3-8H2,1-2H3;;. The van der Waals surface area contributed by atoms with Crippen LogP contribution in [0.5, 0.6) is 0 Å². The van der Waals surface area contributed by atoms with E-state index in [2.05, 4.69) is 13.8 Å².